The molecule has 0 saturated carbocycles. The third-order valence-electron chi connectivity index (χ3n) is 4.05. The van der Waals surface area contributed by atoms with E-state index in [4.69, 9.17) is 0 Å². The quantitative estimate of drug-likeness (QED) is 0.852. The van der Waals surface area contributed by atoms with Gasteiger partial charge in [-0.1, -0.05) is 13.8 Å². The Morgan fingerprint density at radius 2 is 2.00 bits per heavy atom. The summed E-state index contributed by atoms with van der Waals surface area (Å²) in [5.41, 5.74) is 0.225. The van der Waals surface area contributed by atoms with Gasteiger partial charge in [-0.2, -0.15) is 13.2 Å². The molecule has 6 heteroatoms. The molecule has 1 aliphatic heterocycles. The van der Waals surface area contributed by atoms with Crippen LogP contribution >= 0.6 is 15.9 Å². The Balaban J connectivity index is 2.30. The highest BCUT2D eigenvalue weighted by atomic mass is 79.9. The largest absolute Gasteiger partial charge is 0.416 e. The van der Waals surface area contributed by atoms with Crippen LogP contribution in [0.1, 0.15) is 32.3 Å². The summed E-state index contributed by atoms with van der Waals surface area (Å²) >= 11 is 3.31. The highest BCUT2D eigenvalue weighted by Crippen LogP contribution is 2.36. The molecule has 0 amide bonds. The highest BCUT2D eigenvalue weighted by Gasteiger charge is 2.32. The van der Waals surface area contributed by atoms with Gasteiger partial charge in [0.15, 0.2) is 0 Å². The normalized spacial score (nSPS) is 23.4. The van der Waals surface area contributed by atoms with E-state index in [0.29, 0.717) is 16.6 Å². The van der Waals surface area contributed by atoms with Crippen LogP contribution in [0.25, 0.3) is 0 Å². The van der Waals surface area contributed by atoms with E-state index in [9.17, 15) is 13.2 Å². The molecule has 1 heterocycles. The fourth-order valence-corrected chi connectivity index (χ4v) is 3.32. The molecule has 0 bridgehead atoms. The summed E-state index contributed by atoms with van der Waals surface area (Å²) in [7, 11) is 0. The molecule has 1 saturated heterocycles. The second-order valence-corrected chi connectivity index (χ2v) is 6.25. The number of hydrogen-bond donors (Lipinski definition) is 1. The SMILES string of the molecule is CCC1CN(c2ccc(C(F)(F)F)cc2Br)C(CC)CN1. The van der Waals surface area contributed by atoms with Crippen molar-refractivity contribution in [1.82, 2.24) is 5.32 Å². The number of hydrogen-bond acceptors (Lipinski definition) is 2. The average Bonchev–Trinajstić information content (AvgIpc) is 2.45. The van der Waals surface area contributed by atoms with Gasteiger partial charge in [-0.05, 0) is 47.0 Å². The van der Waals surface area contributed by atoms with Gasteiger partial charge in [0.05, 0.1) is 11.3 Å². The first-order chi connectivity index (χ1) is 9.86. The van der Waals surface area contributed by atoms with Gasteiger partial charge >= 0.3 is 6.18 Å². The second kappa shape index (κ2) is 6.57. The Morgan fingerprint density at radius 1 is 1.29 bits per heavy atom. The molecule has 2 unspecified atom stereocenters. The van der Waals surface area contributed by atoms with Gasteiger partial charge in [-0.3, -0.25) is 0 Å². The first kappa shape index (κ1) is 16.6. The summed E-state index contributed by atoms with van der Waals surface area (Å²) in [6, 6.07) is 4.59. The molecule has 0 radical (unpaired) electrons. The molecule has 0 spiro atoms. The van der Waals surface area contributed by atoms with Crippen molar-refractivity contribution < 1.29 is 13.2 Å². The number of anilines is 1. The Bertz CT molecular complexity index is 490. The fourth-order valence-electron chi connectivity index (χ4n) is 2.71. The topological polar surface area (TPSA) is 15.3 Å². The Labute approximate surface area is 131 Å². The number of nitrogens with one attached hydrogen (secondary N) is 1. The number of rotatable bonds is 3. The van der Waals surface area contributed by atoms with E-state index in [1.807, 2.05) is 0 Å². The minimum atomic E-state index is -4.30. The Morgan fingerprint density at radius 3 is 2.52 bits per heavy atom. The summed E-state index contributed by atoms with van der Waals surface area (Å²) in [6.45, 7) is 5.90. The lowest BCUT2D eigenvalue weighted by molar-refractivity contribution is -0.137. The molecule has 21 heavy (non-hydrogen) atoms. The Kier molecular flexibility index (Phi) is 5.20. The molecular weight excluding hydrogens is 345 g/mol. The van der Waals surface area contributed by atoms with Crippen molar-refractivity contribution in [3.8, 4) is 0 Å². The first-order valence-electron chi connectivity index (χ1n) is 7.23. The summed E-state index contributed by atoms with van der Waals surface area (Å²) in [5.74, 6) is 0. The molecule has 2 atom stereocenters. The summed E-state index contributed by atoms with van der Waals surface area (Å²) in [4.78, 5) is 2.22. The number of halogens is 4. The lowest BCUT2D eigenvalue weighted by Crippen LogP contribution is -2.56. The number of nitrogens with zero attached hydrogens (tertiary/aromatic N) is 1. The molecule has 0 aliphatic carbocycles. The number of alkyl halides is 3. The van der Waals surface area contributed by atoms with Gasteiger partial charge in [0.1, 0.15) is 0 Å². The van der Waals surface area contributed by atoms with E-state index < -0.39 is 11.7 Å². The maximum absolute atomic E-state index is 12.8. The van der Waals surface area contributed by atoms with Crippen molar-refractivity contribution in [3.63, 3.8) is 0 Å². The van der Waals surface area contributed by atoms with Gasteiger partial charge in [-0.25, -0.2) is 0 Å². The zero-order valence-corrected chi connectivity index (χ0v) is 13.8. The standard InChI is InChI=1S/C15H20BrF3N2/c1-3-11-9-21(12(4-2)8-20-11)14-6-5-10(7-13(14)16)15(17,18)19/h5-7,11-12,20H,3-4,8-9H2,1-2H3. The summed E-state index contributed by atoms with van der Waals surface area (Å²) in [6.07, 6.45) is -2.34. The van der Waals surface area contributed by atoms with Crippen LogP contribution in [0, 0.1) is 0 Å². The molecule has 1 N–H and O–H groups in total. The van der Waals surface area contributed by atoms with E-state index in [1.165, 1.54) is 6.07 Å². The van der Waals surface area contributed by atoms with Crippen molar-refractivity contribution in [2.75, 3.05) is 18.0 Å². The lowest BCUT2D eigenvalue weighted by atomic mass is 10.0. The van der Waals surface area contributed by atoms with Crippen LogP contribution in [0.2, 0.25) is 0 Å². The number of piperazine rings is 1. The van der Waals surface area contributed by atoms with Gasteiger partial charge < -0.3 is 10.2 Å². The summed E-state index contributed by atoms with van der Waals surface area (Å²) in [5, 5.41) is 3.49. The molecule has 1 aromatic rings. The predicted octanol–water partition coefficient (Wildman–Crippen LogP) is 4.43. The van der Waals surface area contributed by atoms with Crippen molar-refractivity contribution in [2.45, 2.75) is 44.9 Å². The maximum atomic E-state index is 12.8. The third-order valence-corrected chi connectivity index (χ3v) is 4.68. The summed E-state index contributed by atoms with van der Waals surface area (Å²) < 4.78 is 38.8. The van der Waals surface area contributed by atoms with Crippen molar-refractivity contribution in [3.05, 3.63) is 28.2 Å². The van der Waals surface area contributed by atoms with Crippen LogP contribution in [0.5, 0.6) is 0 Å². The van der Waals surface area contributed by atoms with Crippen molar-refractivity contribution >= 4 is 21.6 Å². The molecule has 0 aromatic heterocycles. The van der Waals surface area contributed by atoms with Gasteiger partial charge in [-0.15, -0.1) is 0 Å². The second-order valence-electron chi connectivity index (χ2n) is 5.39. The van der Waals surface area contributed by atoms with Crippen LogP contribution in [0.3, 0.4) is 0 Å². The zero-order valence-electron chi connectivity index (χ0n) is 12.2. The number of benzene rings is 1. The predicted molar refractivity (Wildman–Crippen MR) is 82.7 cm³/mol. The van der Waals surface area contributed by atoms with Gasteiger partial charge in [0.2, 0.25) is 0 Å². The zero-order chi connectivity index (χ0) is 15.6. The van der Waals surface area contributed by atoms with Crippen molar-refractivity contribution in [2.24, 2.45) is 0 Å². The third kappa shape index (κ3) is 3.72. The molecular formula is C15H20BrF3N2. The van der Waals surface area contributed by atoms with E-state index in [1.54, 1.807) is 6.07 Å². The van der Waals surface area contributed by atoms with Crippen LogP contribution in [-0.2, 0) is 6.18 Å². The molecule has 2 rings (SSSR count). The van der Waals surface area contributed by atoms with E-state index in [-0.39, 0.29) is 0 Å². The lowest BCUT2D eigenvalue weighted by Gasteiger charge is -2.42. The van der Waals surface area contributed by atoms with Gasteiger partial charge in [0.25, 0.3) is 0 Å². The minimum Gasteiger partial charge on any atom is -0.365 e. The van der Waals surface area contributed by atoms with Gasteiger partial charge in [0, 0.05) is 29.6 Å². The van der Waals surface area contributed by atoms with E-state index >= 15 is 0 Å². The van der Waals surface area contributed by atoms with Crippen LogP contribution in [0.4, 0.5) is 18.9 Å². The minimum absolute atomic E-state index is 0.306. The van der Waals surface area contributed by atoms with E-state index in [2.05, 4.69) is 40.0 Å². The smallest absolute Gasteiger partial charge is 0.365 e. The first-order valence-corrected chi connectivity index (χ1v) is 8.02. The highest BCUT2D eigenvalue weighted by molar-refractivity contribution is 9.10. The Hall–Kier alpha value is -0.750. The maximum Gasteiger partial charge on any atom is 0.416 e. The fraction of sp³-hybridized carbons (Fsp3) is 0.600. The van der Waals surface area contributed by atoms with Crippen LogP contribution in [-0.4, -0.2) is 25.2 Å². The molecule has 1 aliphatic rings. The average molecular weight is 365 g/mol. The van der Waals surface area contributed by atoms with Crippen LogP contribution in [0.15, 0.2) is 22.7 Å². The monoisotopic (exact) mass is 364 g/mol. The molecule has 118 valence electrons. The molecule has 1 aromatic carbocycles. The molecule has 2 nitrogen and oxygen atoms in total. The molecule has 1 fully saturated rings. The van der Waals surface area contributed by atoms with E-state index in [0.717, 1.165) is 37.7 Å². The van der Waals surface area contributed by atoms with Crippen molar-refractivity contribution in [1.29, 1.82) is 0 Å². The van der Waals surface area contributed by atoms with Crippen LogP contribution < -0.4 is 10.2 Å².